The molecule has 1 fully saturated rings. The Morgan fingerprint density at radius 3 is 2.55 bits per heavy atom. The van der Waals surface area contributed by atoms with Crippen LogP contribution in [0.2, 0.25) is 0 Å². The Morgan fingerprint density at radius 1 is 1.25 bits per heavy atom. The predicted molar refractivity (Wildman–Crippen MR) is 74.3 cm³/mol. The number of hydrogen-bond acceptors (Lipinski definition) is 7. The second-order valence-electron chi connectivity index (χ2n) is 3.88. The molecule has 0 bridgehead atoms. The van der Waals surface area contributed by atoms with Gasteiger partial charge in [-0.3, -0.25) is 14.6 Å². The molecule has 0 saturated carbocycles. The number of rotatable bonds is 6. The molecule has 1 aromatic rings. The van der Waals surface area contributed by atoms with E-state index in [1.807, 2.05) is 12.1 Å². The minimum Gasteiger partial charge on any atom is -0.330 e. The molecule has 0 unspecified atom stereocenters. The second-order valence-corrected chi connectivity index (χ2v) is 6.37. The third-order valence-corrected chi connectivity index (χ3v) is 4.78. The van der Waals surface area contributed by atoms with Crippen LogP contribution in [0.15, 0.2) is 29.4 Å². The van der Waals surface area contributed by atoms with Crippen molar-refractivity contribution in [2.24, 2.45) is 0 Å². The molecule has 1 aromatic heterocycles. The fraction of sp³-hybridized carbons (Fsp3) is 0.333. The summed E-state index contributed by atoms with van der Waals surface area (Å²) in [6, 6.07) is 3.75. The van der Waals surface area contributed by atoms with Crippen LogP contribution in [0.4, 0.5) is 0 Å². The zero-order valence-corrected chi connectivity index (χ0v) is 12.1. The summed E-state index contributed by atoms with van der Waals surface area (Å²) in [5.74, 6) is -0.956. The van der Waals surface area contributed by atoms with Gasteiger partial charge in [0.1, 0.15) is 0 Å². The van der Waals surface area contributed by atoms with Gasteiger partial charge in [-0.25, -0.2) is 4.79 Å². The molecule has 1 saturated heterocycles. The van der Waals surface area contributed by atoms with E-state index in [-0.39, 0.29) is 19.3 Å². The van der Waals surface area contributed by atoms with Crippen molar-refractivity contribution in [3.05, 3.63) is 24.5 Å². The highest BCUT2D eigenvalue weighted by molar-refractivity contribution is 8.76. The first-order valence-electron chi connectivity index (χ1n) is 5.93. The van der Waals surface area contributed by atoms with Crippen molar-refractivity contribution in [3.63, 3.8) is 0 Å². The number of nitrogens with zero attached hydrogens (tertiary/aromatic N) is 2. The Bertz CT molecular complexity index is 493. The first-order chi connectivity index (χ1) is 9.66. The minimum absolute atomic E-state index is 0.110. The van der Waals surface area contributed by atoms with Gasteiger partial charge in [-0.15, -0.1) is 5.06 Å². The minimum atomic E-state index is -0.573. The standard InChI is InChI=1S/C12H12N2O4S2/c15-10-1-2-11(16)14(10)18-12(17)5-8-19-20-9-3-6-13-7-4-9/h3-4,6-7H,1-2,5,8H2. The van der Waals surface area contributed by atoms with Gasteiger partial charge in [0.05, 0.1) is 6.42 Å². The van der Waals surface area contributed by atoms with Gasteiger partial charge in [0, 0.05) is 35.9 Å². The number of carbonyl (C=O) groups is 3. The van der Waals surface area contributed by atoms with E-state index in [2.05, 4.69) is 4.98 Å². The summed E-state index contributed by atoms with van der Waals surface area (Å²) < 4.78 is 0. The number of pyridine rings is 1. The molecule has 0 N–H and O–H groups in total. The molecule has 0 aromatic carbocycles. The normalized spacial score (nSPS) is 14.7. The van der Waals surface area contributed by atoms with Crippen LogP contribution in [0.25, 0.3) is 0 Å². The summed E-state index contributed by atoms with van der Waals surface area (Å²) in [5, 5.41) is 0.572. The molecule has 1 aliphatic rings. The van der Waals surface area contributed by atoms with Crippen molar-refractivity contribution in [2.75, 3.05) is 5.75 Å². The Balaban J connectivity index is 1.65. The highest BCUT2D eigenvalue weighted by Gasteiger charge is 2.32. The van der Waals surface area contributed by atoms with Gasteiger partial charge < -0.3 is 4.84 Å². The van der Waals surface area contributed by atoms with E-state index in [9.17, 15) is 14.4 Å². The van der Waals surface area contributed by atoms with E-state index in [4.69, 9.17) is 4.84 Å². The van der Waals surface area contributed by atoms with Gasteiger partial charge in [0.2, 0.25) is 0 Å². The molecule has 0 radical (unpaired) electrons. The van der Waals surface area contributed by atoms with Gasteiger partial charge in [-0.2, -0.15) is 0 Å². The van der Waals surface area contributed by atoms with Crippen molar-refractivity contribution >= 4 is 39.4 Å². The monoisotopic (exact) mass is 312 g/mol. The molecular weight excluding hydrogens is 300 g/mol. The molecule has 2 heterocycles. The average Bonchev–Trinajstić information content (AvgIpc) is 2.77. The third kappa shape index (κ3) is 4.24. The lowest BCUT2D eigenvalue weighted by Gasteiger charge is -2.12. The lowest BCUT2D eigenvalue weighted by atomic mass is 10.4. The quantitative estimate of drug-likeness (QED) is 0.450. The van der Waals surface area contributed by atoms with Crippen molar-refractivity contribution in [3.8, 4) is 0 Å². The number of amides is 2. The Labute approximate surface area is 123 Å². The molecule has 8 heteroatoms. The SMILES string of the molecule is O=C(CCSSc1ccncc1)ON1C(=O)CCC1=O. The highest BCUT2D eigenvalue weighted by atomic mass is 33.1. The first kappa shape index (κ1) is 14.9. The average molecular weight is 312 g/mol. The van der Waals surface area contributed by atoms with Crippen LogP contribution < -0.4 is 0 Å². The van der Waals surface area contributed by atoms with E-state index in [0.29, 0.717) is 10.8 Å². The molecule has 2 rings (SSSR count). The second kappa shape index (κ2) is 7.30. The fourth-order valence-corrected chi connectivity index (χ4v) is 3.38. The van der Waals surface area contributed by atoms with Crippen molar-refractivity contribution < 1.29 is 19.2 Å². The van der Waals surface area contributed by atoms with E-state index >= 15 is 0 Å². The molecule has 20 heavy (non-hydrogen) atoms. The van der Waals surface area contributed by atoms with E-state index < -0.39 is 17.8 Å². The molecule has 6 nitrogen and oxygen atoms in total. The zero-order chi connectivity index (χ0) is 14.4. The topological polar surface area (TPSA) is 76.6 Å². The van der Waals surface area contributed by atoms with Crippen LogP contribution in [0, 0.1) is 0 Å². The van der Waals surface area contributed by atoms with Gasteiger partial charge >= 0.3 is 5.97 Å². The van der Waals surface area contributed by atoms with Crippen molar-refractivity contribution in [2.45, 2.75) is 24.2 Å². The third-order valence-electron chi connectivity index (χ3n) is 2.39. The largest absolute Gasteiger partial charge is 0.334 e. The maximum Gasteiger partial charge on any atom is 0.334 e. The van der Waals surface area contributed by atoms with Crippen LogP contribution in [0.5, 0.6) is 0 Å². The molecule has 1 aliphatic heterocycles. The van der Waals surface area contributed by atoms with Gasteiger partial charge in [0.25, 0.3) is 11.8 Å². The predicted octanol–water partition coefficient (Wildman–Crippen LogP) is 1.82. The summed E-state index contributed by atoms with van der Waals surface area (Å²) in [6.45, 7) is 0. The van der Waals surface area contributed by atoms with E-state index in [1.54, 1.807) is 12.4 Å². The van der Waals surface area contributed by atoms with E-state index in [1.165, 1.54) is 21.6 Å². The van der Waals surface area contributed by atoms with Crippen LogP contribution in [0.1, 0.15) is 19.3 Å². The maximum atomic E-state index is 11.5. The van der Waals surface area contributed by atoms with Crippen LogP contribution in [-0.4, -0.2) is 33.6 Å². The lowest BCUT2D eigenvalue weighted by Crippen LogP contribution is -2.32. The molecule has 0 spiro atoms. The van der Waals surface area contributed by atoms with Gasteiger partial charge in [0.15, 0.2) is 0 Å². The van der Waals surface area contributed by atoms with E-state index in [0.717, 1.165) is 4.90 Å². The lowest BCUT2D eigenvalue weighted by molar-refractivity contribution is -0.197. The van der Waals surface area contributed by atoms with Gasteiger partial charge in [-0.05, 0) is 12.1 Å². The summed E-state index contributed by atoms with van der Waals surface area (Å²) in [7, 11) is 3.02. The molecule has 106 valence electrons. The summed E-state index contributed by atoms with van der Waals surface area (Å²) in [5.41, 5.74) is 0. The van der Waals surface area contributed by atoms with Crippen LogP contribution >= 0.6 is 21.6 Å². The molecule has 0 aliphatic carbocycles. The summed E-state index contributed by atoms with van der Waals surface area (Å²) in [4.78, 5) is 43.7. The first-order valence-corrected chi connectivity index (χ1v) is 8.25. The zero-order valence-electron chi connectivity index (χ0n) is 10.5. The fourth-order valence-electron chi connectivity index (χ4n) is 1.43. The number of imide groups is 1. The molecule has 2 amide bonds. The number of carbonyl (C=O) groups excluding carboxylic acids is 3. The number of hydroxylamine groups is 2. The highest BCUT2D eigenvalue weighted by Crippen LogP contribution is 2.30. The van der Waals surface area contributed by atoms with Crippen LogP contribution in [0.3, 0.4) is 0 Å². The number of aromatic nitrogens is 1. The van der Waals surface area contributed by atoms with Crippen molar-refractivity contribution in [1.82, 2.24) is 10.0 Å². The molecular formula is C12H12N2O4S2. The van der Waals surface area contributed by atoms with Gasteiger partial charge in [-0.1, -0.05) is 21.6 Å². The Morgan fingerprint density at radius 2 is 1.90 bits per heavy atom. The molecule has 0 atom stereocenters. The van der Waals surface area contributed by atoms with Crippen molar-refractivity contribution in [1.29, 1.82) is 0 Å². The smallest absolute Gasteiger partial charge is 0.330 e. The van der Waals surface area contributed by atoms with Crippen LogP contribution in [-0.2, 0) is 19.2 Å². The Kier molecular flexibility index (Phi) is 5.42. The number of hydrogen-bond donors (Lipinski definition) is 0. The summed E-state index contributed by atoms with van der Waals surface area (Å²) >= 11 is 0. The Hall–Kier alpha value is -1.54. The summed E-state index contributed by atoms with van der Waals surface area (Å²) in [6.07, 6.45) is 3.75. The maximum absolute atomic E-state index is 11.5.